The van der Waals surface area contributed by atoms with Crippen LogP contribution < -0.4 is 0 Å². The van der Waals surface area contributed by atoms with Crippen LogP contribution in [0.5, 0.6) is 0 Å². The maximum atomic E-state index is 4.57. The van der Waals surface area contributed by atoms with Gasteiger partial charge in [-0.05, 0) is 24.3 Å². The Labute approximate surface area is 104 Å². The molecule has 80 valence electrons. The summed E-state index contributed by atoms with van der Waals surface area (Å²) in [5, 5.41) is 0. The Balaban J connectivity index is 0.000000617. The van der Waals surface area contributed by atoms with Crippen LogP contribution in [-0.4, -0.2) is 9.97 Å². The van der Waals surface area contributed by atoms with E-state index in [1.807, 2.05) is 53.7 Å². The van der Waals surface area contributed by atoms with Gasteiger partial charge in [0.25, 0.3) is 0 Å². The van der Waals surface area contributed by atoms with Gasteiger partial charge in [0.2, 0.25) is 0 Å². The van der Waals surface area contributed by atoms with Crippen molar-refractivity contribution in [3.8, 4) is 11.4 Å². The normalized spacial score (nSPS) is 8.13. The largest absolute Gasteiger partial charge is 0.255 e. The van der Waals surface area contributed by atoms with Gasteiger partial charge in [-0.25, -0.2) is 0 Å². The van der Waals surface area contributed by atoms with Crippen molar-refractivity contribution in [1.29, 1.82) is 0 Å². The molecule has 2 heterocycles. The molecule has 0 amide bonds. The molecule has 2 nitrogen and oxygen atoms in total. The van der Waals surface area contributed by atoms with E-state index in [1.165, 1.54) is 0 Å². The van der Waals surface area contributed by atoms with Gasteiger partial charge in [0.15, 0.2) is 0 Å². The number of pyridine rings is 2. The maximum absolute atomic E-state index is 4.57. The van der Waals surface area contributed by atoms with Gasteiger partial charge in [0, 0.05) is 12.4 Å². The fraction of sp³-hybridized carbons (Fsp3) is 0. The summed E-state index contributed by atoms with van der Waals surface area (Å²) >= 11 is 1.82. The smallest absolute Gasteiger partial charge is 0.0886 e. The van der Waals surface area contributed by atoms with Gasteiger partial charge in [-0.15, -0.1) is 0 Å². The number of nitrogens with zero attached hydrogens (tertiary/aromatic N) is 2. The second-order valence-electron chi connectivity index (χ2n) is 2.43. The maximum Gasteiger partial charge on any atom is 0.0886 e. The molecule has 0 spiro atoms. The first-order valence-corrected chi connectivity index (χ1v) is 6.16. The van der Waals surface area contributed by atoms with E-state index in [9.17, 15) is 0 Å². The van der Waals surface area contributed by atoms with Gasteiger partial charge in [0.05, 0.1) is 11.4 Å². The molecule has 0 fully saturated rings. The SMILES string of the molecule is [CH3-].[Cl][Ru+].c1ccc(-c2ccccn2)nc1. The summed E-state index contributed by atoms with van der Waals surface area (Å²) in [5.74, 6) is 0. The second-order valence-corrected chi connectivity index (χ2v) is 2.43. The van der Waals surface area contributed by atoms with Crippen LogP contribution in [0.4, 0.5) is 0 Å². The van der Waals surface area contributed by atoms with Gasteiger partial charge in [0.1, 0.15) is 0 Å². The third-order valence-corrected chi connectivity index (χ3v) is 1.59. The zero-order valence-electron chi connectivity index (χ0n) is 8.24. The Hall–Kier alpha value is -0.787. The van der Waals surface area contributed by atoms with Crippen molar-refractivity contribution >= 4 is 9.69 Å². The van der Waals surface area contributed by atoms with Crippen molar-refractivity contribution in [1.82, 2.24) is 9.97 Å². The zero-order chi connectivity index (χ0) is 10.2. The number of rotatable bonds is 1. The first-order valence-electron chi connectivity index (χ1n) is 3.92. The molecule has 0 saturated heterocycles. The number of hydrogen-bond acceptors (Lipinski definition) is 2. The van der Waals surface area contributed by atoms with E-state index in [4.69, 9.17) is 0 Å². The minimum absolute atomic E-state index is 0. The molecule has 2 aromatic heterocycles. The first kappa shape index (κ1) is 14.2. The standard InChI is InChI=1S/C10H8N2.CH3.ClH.Ru/c1-3-7-11-9(5-1)10-6-2-4-8-12-10;;;/h1-8H;1H3;1H;/q;-1;;+2/p-1. The Morgan fingerprint density at radius 2 is 1.20 bits per heavy atom. The van der Waals surface area contributed by atoms with E-state index < -0.39 is 0 Å². The average molecular weight is 308 g/mol. The van der Waals surface area contributed by atoms with Crippen molar-refractivity contribution in [3.05, 3.63) is 56.2 Å². The molecule has 0 aliphatic carbocycles. The predicted molar refractivity (Wildman–Crippen MR) is 59.7 cm³/mol. The van der Waals surface area contributed by atoms with E-state index in [0.717, 1.165) is 11.4 Å². The van der Waals surface area contributed by atoms with Crippen LogP contribution in [0.1, 0.15) is 0 Å². The second kappa shape index (κ2) is 8.52. The number of hydrogen-bond donors (Lipinski definition) is 0. The molecular weight excluding hydrogens is 297 g/mol. The molecule has 0 radical (unpaired) electrons. The van der Waals surface area contributed by atoms with E-state index >= 15 is 0 Å². The van der Waals surface area contributed by atoms with Crippen LogP contribution in [0.2, 0.25) is 0 Å². The molecule has 2 aromatic rings. The molecule has 0 atom stereocenters. The minimum atomic E-state index is 0. The molecule has 0 aliphatic heterocycles. The topological polar surface area (TPSA) is 25.8 Å². The van der Waals surface area contributed by atoms with Gasteiger partial charge >= 0.3 is 27.0 Å². The Bertz CT molecular complexity index is 316. The molecule has 0 saturated carbocycles. The van der Waals surface area contributed by atoms with Gasteiger partial charge in [-0.3, -0.25) is 9.97 Å². The summed E-state index contributed by atoms with van der Waals surface area (Å²) in [7, 11) is 4.57. The Morgan fingerprint density at radius 3 is 1.47 bits per heavy atom. The molecule has 2 rings (SSSR count). The molecule has 15 heavy (non-hydrogen) atoms. The minimum Gasteiger partial charge on any atom is -0.255 e. The third kappa shape index (κ3) is 4.50. The summed E-state index contributed by atoms with van der Waals surface area (Å²) in [5.41, 5.74) is 1.83. The average Bonchev–Trinajstić information content (AvgIpc) is 2.34. The monoisotopic (exact) mass is 308 g/mol. The molecule has 0 bridgehead atoms. The van der Waals surface area contributed by atoms with Crippen LogP contribution >= 0.6 is 9.69 Å². The van der Waals surface area contributed by atoms with Crippen LogP contribution in [0, 0.1) is 7.43 Å². The van der Waals surface area contributed by atoms with Crippen molar-refractivity contribution in [2.75, 3.05) is 0 Å². The van der Waals surface area contributed by atoms with Crippen molar-refractivity contribution in [3.63, 3.8) is 0 Å². The van der Waals surface area contributed by atoms with E-state index in [-0.39, 0.29) is 7.43 Å². The van der Waals surface area contributed by atoms with Crippen molar-refractivity contribution in [2.45, 2.75) is 0 Å². The van der Waals surface area contributed by atoms with Crippen molar-refractivity contribution < 1.29 is 17.3 Å². The van der Waals surface area contributed by atoms with Gasteiger partial charge < -0.3 is 7.43 Å². The number of aromatic nitrogens is 2. The van der Waals surface area contributed by atoms with Crippen LogP contribution in [0.25, 0.3) is 11.4 Å². The van der Waals surface area contributed by atoms with E-state index in [2.05, 4.69) is 19.7 Å². The summed E-state index contributed by atoms with van der Waals surface area (Å²) in [4.78, 5) is 8.37. The summed E-state index contributed by atoms with van der Waals surface area (Å²) in [6, 6.07) is 11.6. The molecule has 0 unspecified atom stereocenters. The van der Waals surface area contributed by atoms with Gasteiger partial charge in [-0.1, -0.05) is 12.1 Å². The van der Waals surface area contributed by atoms with Crippen LogP contribution in [0.15, 0.2) is 48.8 Å². The molecule has 0 N–H and O–H groups in total. The zero-order valence-corrected chi connectivity index (χ0v) is 10.7. The number of halogens is 1. The summed E-state index contributed by atoms with van der Waals surface area (Å²) in [6.45, 7) is 0. The predicted octanol–water partition coefficient (Wildman–Crippen LogP) is 3.28. The molecule has 4 heteroatoms. The molecule has 0 aromatic carbocycles. The fourth-order valence-electron chi connectivity index (χ4n) is 1.03. The van der Waals surface area contributed by atoms with E-state index in [0.29, 0.717) is 0 Å². The third-order valence-electron chi connectivity index (χ3n) is 1.59. The van der Waals surface area contributed by atoms with Crippen LogP contribution in [-0.2, 0) is 17.3 Å². The molecule has 0 aliphatic rings. The first-order chi connectivity index (χ1) is 6.97. The van der Waals surface area contributed by atoms with Crippen molar-refractivity contribution in [2.24, 2.45) is 0 Å². The Morgan fingerprint density at radius 1 is 0.800 bits per heavy atom. The quantitative estimate of drug-likeness (QED) is 0.597. The van der Waals surface area contributed by atoms with Crippen LogP contribution in [0.3, 0.4) is 0 Å². The van der Waals surface area contributed by atoms with E-state index in [1.54, 1.807) is 12.4 Å². The summed E-state index contributed by atoms with van der Waals surface area (Å²) in [6.07, 6.45) is 3.54. The fourth-order valence-corrected chi connectivity index (χ4v) is 1.03. The van der Waals surface area contributed by atoms with Gasteiger partial charge in [-0.2, -0.15) is 0 Å². The Kier molecular flexibility index (Phi) is 8.07. The molecular formula is C11H11ClN2Ru. The summed E-state index contributed by atoms with van der Waals surface area (Å²) < 4.78 is 0.